The normalized spacial score (nSPS) is 27.0. The van der Waals surface area contributed by atoms with Gasteiger partial charge < -0.3 is 15.2 Å². The Balaban J connectivity index is 1.84. The van der Waals surface area contributed by atoms with Crippen LogP contribution in [-0.4, -0.2) is 40.9 Å². The summed E-state index contributed by atoms with van der Waals surface area (Å²) in [6.07, 6.45) is 4.23. The van der Waals surface area contributed by atoms with E-state index in [0.29, 0.717) is 13.0 Å². The molecule has 21 heavy (non-hydrogen) atoms. The van der Waals surface area contributed by atoms with E-state index >= 15 is 0 Å². The minimum Gasteiger partial charge on any atom is -0.387 e. The molecule has 2 rings (SSSR count). The predicted octanol–water partition coefficient (Wildman–Crippen LogP) is 1.31. The first-order chi connectivity index (χ1) is 9.89. The second kappa shape index (κ2) is 6.12. The van der Waals surface area contributed by atoms with Crippen LogP contribution in [0.15, 0.2) is 24.5 Å². The number of nitrogens with one attached hydrogen (secondary N) is 1. The SMILES string of the molecule is CCO[C@H]1C[C@](O)(CNC(=O)Cc2cccnc2)C1(C)C. The Labute approximate surface area is 125 Å². The molecule has 0 aromatic carbocycles. The van der Waals surface area contributed by atoms with Crippen LogP contribution in [0.1, 0.15) is 32.8 Å². The number of rotatable bonds is 6. The van der Waals surface area contributed by atoms with Crippen LogP contribution in [0.3, 0.4) is 0 Å². The van der Waals surface area contributed by atoms with Gasteiger partial charge in [-0.25, -0.2) is 0 Å². The molecule has 0 spiro atoms. The Bertz CT molecular complexity index is 490. The van der Waals surface area contributed by atoms with E-state index in [4.69, 9.17) is 4.74 Å². The van der Waals surface area contributed by atoms with Gasteiger partial charge in [0.05, 0.1) is 18.1 Å². The second-order valence-electron chi connectivity index (χ2n) is 6.22. The van der Waals surface area contributed by atoms with E-state index < -0.39 is 5.60 Å². The molecule has 0 saturated heterocycles. The van der Waals surface area contributed by atoms with Crippen LogP contribution in [-0.2, 0) is 16.0 Å². The van der Waals surface area contributed by atoms with Crippen molar-refractivity contribution >= 4 is 5.91 Å². The van der Waals surface area contributed by atoms with Gasteiger partial charge in [-0.05, 0) is 18.6 Å². The Morgan fingerprint density at radius 2 is 2.33 bits per heavy atom. The van der Waals surface area contributed by atoms with Crippen molar-refractivity contribution in [2.24, 2.45) is 5.41 Å². The molecule has 0 aliphatic heterocycles. The highest BCUT2D eigenvalue weighted by Crippen LogP contribution is 2.50. The fourth-order valence-electron chi connectivity index (χ4n) is 2.76. The van der Waals surface area contributed by atoms with Crippen molar-refractivity contribution < 1.29 is 14.6 Å². The van der Waals surface area contributed by atoms with Crippen LogP contribution in [0.25, 0.3) is 0 Å². The molecule has 1 fully saturated rings. The zero-order chi connectivity index (χ0) is 15.5. The van der Waals surface area contributed by atoms with Crippen molar-refractivity contribution in [1.29, 1.82) is 0 Å². The van der Waals surface area contributed by atoms with Gasteiger partial charge in [0.25, 0.3) is 0 Å². The molecule has 1 aromatic heterocycles. The Kier molecular flexibility index (Phi) is 4.64. The Morgan fingerprint density at radius 1 is 1.57 bits per heavy atom. The maximum atomic E-state index is 11.9. The fraction of sp³-hybridized carbons (Fsp3) is 0.625. The zero-order valence-electron chi connectivity index (χ0n) is 12.9. The number of ether oxygens (including phenoxy) is 1. The molecular formula is C16H24N2O3. The molecule has 2 N–H and O–H groups in total. The first-order valence-electron chi connectivity index (χ1n) is 7.38. The first-order valence-corrected chi connectivity index (χ1v) is 7.38. The van der Waals surface area contributed by atoms with Crippen molar-refractivity contribution in [2.45, 2.75) is 45.3 Å². The summed E-state index contributed by atoms with van der Waals surface area (Å²) in [5.41, 5.74) is -0.399. The van der Waals surface area contributed by atoms with Crippen LogP contribution in [0, 0.1) is 5.41 Å². The molecule has 5 nitrogen and oxygen atoms in total. The van der Waals surface area contributed by atoms with E-state index in [1.54, 1.807) is 18.5 Å². The van der Waals surface area contributed by atoms with Gasteiger partial charge in [0.15, 0.2) is 0 Å². The lowest BCUT2D eigenvalue weighted by atomic mass is 9.56. The van der Waals surface area contributed by atoms with Gasteiger partial charge in [-0.1, -0.05) is 19.9 Å². The summed E-state index contributed by atoms with van der Waals surface area (Å²) >= 11 is 0. The van der Waals surface area contributed by atoms with Gasteiger partial charge in [-0.3, -0.25) is 9.78 Å². The maximum Gasteiger partial charge on any atom is 0.224 e. The van der Waals surface area contributed by atoms with E-state index in [2.05, 4.69) is 10.3 Å². The van der Waals surface area contributed by atoms with Crippen LogP contribution < -0.4 is 5.32 Å². The number of nitrogens with zero attached hydrogens (tertiary/aromatic N) is 1. The molecule has 5 heteroatoms. The van der Waals surface area contributed by atoms with Gasteiger partial charge in [0.2, 0.25) is 5.91 Å². The number of aromatic nitrogens is 1. The molecule has 0 radical (unpaired) electrons. The zero-order valence-corrected chi connectivity index (χ0v) is 12.9. The van der Waals surface area contributed by atoms with Gasteiger partial charge in [0, 0.05) is 37.4 Å². The molecule has 1 aliphatic rings. The topological polar surface area (TPSA) is 71.5 Å². The number of carbonyl (C=O) groups is 1. The van der Waals surface area contributed by atoms with Gasteiger partial charge in [-0.2, -0.15) is 0 Å². The maximum absolute atomic E-state index is 11.9. The molecule has 1 aliphatic carbocycles. The molecule has 1 aromatic rings. The van der Waals surface area contributed by atoms with Crippen molar-refractivity contribution in [3.8, 4) is 0 Å². The van der Waals surface area contributed by atoms with Gasteiger partial charge >= 0.3 is 0 Å². The molecule has 1 heterocycles. The highest BCUT2D eigenvalue weighted by atomic mass is 16.5. The quantitative estimate of drug-likeness (QED) is 0.829. The minimum atomic E-state index is -0.905. The van der Waals surface area contributed by atoms with Crippen LogP contribution in [0.4, 0.5) is 0 Å². The van der Waals surface area contributed by atoms with Crippen LogP contribution in [0.5, 0.6) is 0 Å². The van der Waals surface area contributed by atoms with E-state index in [1.165, 1.54) is 0 Å². The third-order valence-corrected chi connectivity index (χ3v) is 4.56. The smallest absolute Gasteiger partial charge is 0.224 e. The average Bonchev–Trinajstić information content (AvgIpc) is 2.46. The summed E-state index contributed by atoms with van der Waals surface area (Å²) in [6.45, 7) is 6.79. The monoisotopic (exact) mass is 292 g/mol. The molecule has 1 saturated carbocycles. The third-order valence-electron chi connectivity index (χ3n) is 4.56. The Morgan fingerprint density at radius 3 is 2.90 bits per heavy atom. The summed E-state index contributed by atoms with van der Waals surface area (Å²) in [6, 6.07) is 3.66. The fourth-order valence-corrected chi connectivity index (χ4v) is 2.76. The Hall–Kier alpha value is -1.46. The van der Waals surface area contributed by atoms with Crippen molar-refractivity contribution in [2.75, 3.05) is 13.2 Å². The molecule has 0 bridgehead atoms. The van der Waals surface area contributed by atoms with Gasteiger partial charge in [-0.15, -0.1) is 0 Å². The van der Waals surface area contributed by atoms with E-state index in [9.17, 15) is 9.90 Å². The van der Waals surface area contributed by atoms with E-state index in [-0.39, 0.29) is 30.4 Å². The van der Waals surface area contributed by atoms with E-state index in [1.807, 2.05) is 26.8 Å². The number of pyridine rings is 1. The molecule has 1 amide bonds. The largest absolute Gasteiger partial charge is 0.387 e. The number of hydrogen-bond donors (Lipinski definition) is 2. The first kappa shape index (κ1) is 15.9. The summed E-state index contributed by atoms with van der Waals surface area (Å²) in [5, 5.41) is 13.5. The van der Waals surface area contributed by atoms with Crippen molar-refractivity contribution in [3.63, 3.8) is 0 Å². The molecule has 116 valence electrons. The predicted molar refractivity (Wildman–Crippen MR) is 79.7 cm³/mol. The summed E-state index contributed by atoms with van der Waals surface area (Å²) in [5.74, 6) is -0.105. The standard InChI is InChI=1S/C16H24N2O3/c1-4-21-13-9-16(20,15(13,2)3)11-18-14(19)8-12-6-5-7-17-10-12/h5-7,10,13,20H,4,8-9,11H2,1-3H3,(H,18,19)/t13-,16-/m0/s1. The van der Waals surface area contributed by atoms with E-state index in [0.717, 1.165) is 5.56 Å². The average molecular weight is 292 g/mol. The van der Waals surface area contributed by atoms with Crippen LogP contribution in [0.2, 0.25) is 0 Å². The van der Waals surface area contributed by atoms with Gasteiger partial charge in [0.1, 0.15) is 0 Å². The number of aliphatic hydroxyl groups is 1. The number of amides is 1. The lowest BCUT2D eigenvalue weighted by Gasteiger charge is -2.57. The lowest BCUT2D eigenvalue weighted by Crippen LogP contribution is -2.68. The summed E-state index contributed by atoms with van der Waals surface area (Å²) in [4.78, 5) is 15.9. The van der Waals surface area contributed by atoms with Crippen LogP contribution >= 0.6 is 0 Å². The molecular weight excluding hydrogens is 268 g/mol. The third kappa shape index (κ3) is 3.24. The highest BCUT2D eigenvalue weighted by Gasteiger charge is 2.59. The second-order valence-corrected chi connectivity index (χ2v) is 6.22. The number of hydrogen-bond acceptors (Lipinski definition) is 4. The number of carbonyl (C=O) groups excluding carboxylic acids is 1. The molecule has 2 atom stereocenters. The lowest BCUT2D eigenvalue weighted by molar-refractivity contribution is -0.238. The van der Waals surface area contributed by atoms with Crippen molar-refractivity contribution in [3.05, 3.63) is 30.1 Å². The summed E-state index contributed by atoms with van der Waals surface area (Å²) < 4.78 is 5.61. The molecule has 0 unspecified atom stereocenters. The van der Waals surface area contributed by atoms with Crippen molar-refractivity contribution in [1.82, 2.24) is 10.3 Å². The highest BCUT2D eigenvalue weighted by molar-refractivity contribution is 5.78. The summed E-state index contributed by atoms with van der Waals surface area (Å²) in [7, 11) is 0. The minimum absolute atomic E-state index is 0.0442.